The predicted molar refractivity (Wildman–Crippen MR) is 236 cm³/mol. The van der Waals surface area contributed by atoms with Gasteiger partial charge < -0.3 is 0 Å². The molecule has 53 heavy (non-hydrogen) atoms. The van der Waals surface area contributed by atoms with E-state index in [0.717, 1.165) is 9.49 Å². The molecule has 4 atom stereocenters. The molecule has 2 unspecified atom stereocenters. The second kappa shape index (κ2) is 18.0. The van der Waals surface area contributed by atoms with Gasteiger partial charge in [-0.15, -0.1) is 0 Å². The van der Waals surface area contributed by atoms with Gasteiger partial charge in [-0.3, -0.25) is 0 Å². The van der Waals surface area contributed by atoms with E-state index in [-0.39, 0.29) is 33.4 Å². The van der Waals surface area contributed by atoms with Gasteiger partial charge in [-0.2, -0.15) is 0 Å². The number of fused-ring (bicyclic) bond motifs is 1. The zero-order chi connectivity index (χ0) is 40.4. The Kier molecular flexibility index (Phi) is 16.1. The Morgan fingerprint density at radius 3 is 1.60 bits per heavy atom. The molecule has 0 saturated carbocycles. The first-order valence-electron chi connectivity index (χ1n) is 20.7. The molecule has 0 amide bonds. The summed E-state index contributed by atoms with van der Waals surface area (Å²) in [6.07, 6.45) is 7.51. The molecule has 3 heterocycles. The van der Waals surface area contributed by atoms with Gasteiger partial charge in [0.25, 0.3) is 0 Å². The van der Waals surface area contributed by atoms with Crippen LogP contribution in [0.25, 0.3) is 11.2 Å². The number of halogens is 1. The zero-order valence-corrected chi connectivity index (χ0v) is 43.9. The fourth-order valence-electron chi connectivity index (χ4n) is 6.44. The van der Waals surface area contributed by atoms with Crippen molar-refractivity contribution in [3.63, 3.8) is 0 Å². The summed E-state index contributed by atoms with van der Waals surface area (Å²) < 4.78 is 36.1. The van der Waals surface area contributed by atoms with Crippen LogP contribution in [0.5, 0.6) is 0 Å². The molecule has 1 fully saturated rings. The van der Waals surface area contributed by atoms with E-state index < -0.39 is 49.6 Å². The van der Waals surface area contributed by atoms with Gasteiger partial charge in [0.1, 0.15) is 0 Å². The Balaban J connectivity index is 2.31. The number of hydrogen-bond acceptors (Lipinski definition) is 7. The first-order valence-corrected chi connectivity index (χ1v) is 37.3. The summed E-state index contributed by atoms with van der Waals surface area (Å²) in [5, 5.41) is 0.506. The molecule has 2 aromatic heterocycles. The summed E-state index contributed by atoms with van der Waals surface area (Å²) in [6, 6.07) is 0. The Morgan fingerprint density at radius 2 is 1.17 bits per heavy atom. The number of ether oxygens (including phenoxy) is 1. The Hall–Kier alpha value is 0.129. The second-order valence-electron chi connectivity index (χ2n) is 20.6. The van der Waals surface area contributed by atoms with Gasteiger partial charge in [0.2, 0.25) is 0 Å². The molecule has 0 N–H and O–H groups in total. The second-order valence-corrected chi connectivity index (χ2v) is 48.1. The van der Waals surface area contributed by atoms with Crippen molar-refractivity contribution < 1.29 is 18.0 Å². The minimum absolute atomic E-state index is 0.000593. The van der Waals surface area contributed by atoms with Gasteiger partial charge in [-0.05, 0) is 0 Å². The van der Waals surface area contributed by atoms with Crippen molar-refractivity contribution in [2.24, 2.45) is 0 Å². The van der Waals surface area contributed by atoms with E-state index in [0.29, 0.717) is 17.3 Å². The molecule has 0 bridgehead atoms. The van der Waals surface area contributed by atoms with Gasteiger partial charge in [-0.25, -0.2) is 0 Å². The van der Waals surface area contributed by atoms with Crippen molar-refractivity contribution in [2.45, 2.75) is 214 Å². The maximum absolute atomic E-state index is 7.49. The van der Waals surface area contributed by atoms with Crippen LogP contribution in [0, 0.1) is 0 Å². The molecule has 13 heteroatoms. The average Bonchev–Trinajstić information content (AvgIpc) is 3.59. The number of imidazole rings is 1. The van der Waals surface area contributed by atoms with Crippen LogP contribution in [-0.4, -0.2) is 87.8 Å². The molecule has 306 valence electrons. The average molecular weight is 919 g/mol. The van der Waals surface area contributed by atoms with Crippen LogP contribution >= 0.6 is 11.6 Å². The molecular weight excluding hydrogens is 839 g/mol. The topological polar surface area (TPSA) is 80.5 Å². The number of rotatable bonds is 18. The normalized spacial score (nSPS) is 21.3. The summed E-state index contributed by atoms with van der Waals surface area (Å²) in [6.45, 7) is 41.9. The number of aromatic nitrogens is 4. The summed E-state index contributed by atoms with van der Waals surface area (Å²) in [5.74, 6) is 0. The zero-order valence-electron chi connectivity index (χ0n) is 37.3. The fraction of sp³-hybridized carbons (Fsp3) is 0.875. The molecule has 3 rings (SSSR count). The van der Waals surface area contributed by atoms with Crippen molar-refractivity contribution in [3.8, 4) is 0 Å². The van der Waals surface area contributed by atoms with E-state index in [1.54, 1.807) is 0 Å². The summed E-state index contributed by atoms with van der Waals surface area (Å²) >= 11 is 4.07. The van der Waals surface area contributed by atoms with E-state index in [1.807, 2.05) is 6.33 Å². The van der Waals surface area contributed by atoms with Crippen molar-refractivity contribution in [1.82, 2.24) is 19.5 Å². The molecule has 2 aromatic rings. The van der Waals surface area contributed by atoms with E-state index in [2.05, 4.69) is 127 Å². The summed E-state index contributed by atoms with van der Waals surface area (Å²) in [4.78, 5) is 15.6. The first kappa shape index (κ1) is 47.5. The van der Waals surface area contributed by atoms with Crippen LogP contribution in [0.1, 0.15) is 128 Å². The number of unbranched alkanes of at least 4 members (excludes halogenated alkanes) is 3. The Labute approximate surface area is 337 Å². The van der Waals surface area contributed by atoms with Crippen LogP contribution in [0.3, 0.4) is 0 Å². The first-order chi connectivity index (χ1) is 24.2. The molecular formula is C40H79ClN4O4Si3Sn. The fourth-order valence-corrected chi connectivity index (χ4v) is 25.3. The van der Waals surface area contributed by atoms with E-state index in [4.69, 9.17) is 44.6 Å². The van der Waals surface area contributed by atoms with Crippen LogP contribution in [0.4, 0.5) is 0 Å². The molecule has 1 aliphatic rings. The van der Waals surface area contributed by atoms with Crippen LogP contribution in [-0.2, 0) is 18.0 Å². The predicted octanol–water partition coefficient (Wildman–Crippen LogP) is 12.2. The van der Waals surface area contributed by atoms with E-state index in [1.165, 1.54) is 51.8 Å². The summed E-state index contributed by atoms with van der Waals surface area (Å²) in [7, 11) is -6.72. The molecule has 1 aliphatic heterocycles. The molecule has 0 radical (unpaired) electrons. The van der Waals surface area contributed by atoms with Crippen molar-refractivity contribution in [3.05, 3.63) is 11.5 Å². The molecule has 0 spiro atoms. The van der Waals surface area contributed by atoms with Gasteiger partial charge in [-0.1, -0.05) is 0 Å². The van der Waals surface area contributed by atoms with E-state index >= 15 is 0 Å². The number of nitrogens with zero attached hydrogens (tertiary/aromatic N) is 4. The van der Waals surface area contributed by atoms with Crippen molar-refractivity contribution in [1.29, 1.82) is 0 Å². The Morgan fingerprint density at radius 1 is 0.717 bits per heavy atom. The molecule has 0 aliphatic carbocycles. The monoisotopic (exact) mass is 918 g/mol. The third-order valence-electron chi connectivity index (χ3n) is 13.3. The summed E-state index contributed by atoms with van der Waals surface area (Å²) in [5.41, 5.74) is 1.39. The maximum atomic E-state index is 7.49. The molecule has 1 saturated heterocycles. The van der Waals surface area contributed by atoms with Crippen molar-refractivity contribution >= 4 is 69.9 Å². The molecule has 8 nitrogen and oxygen atoms in total. The third kappa shape index (κ3) is 11.0. The molecule has 0 aromatic carbocycles. The Bertz CT molecular complexity index is 1460. The number of hydrogen-bond donors (Lipinski definition) is 0. The van der Waals surface area contributed by atoms with E-state index in [9.17, 15) is 0 Å². The quantitative estimate of drug-likeness (QED) is 0.109. The third-order valence-corrected chi connectivity index (χ3v) is 41.6. The van der Waals surface area contributed by atoms with Gasteiger partial charge in [0.15, 0.2) is 0 Å². The van der Waals surface area contributed by atoms with Gasteiger partial charge in [0, 0.05) is 0 Å². The van der Waals surface area contributed by atoms with Gasteiger partial charge >= 0.3 is 339 Å². The minimum atomic E-state index is -3.07. The van der Waals surface area contributed by atoms with Gasteiger partial charge in [0.05, 0.1) is 0 Å². The SMILES string of the molecule is CCC[CH2][Sn]([CH2]CCC)([CH2]CCC)[c]1nc(Cl)c2ncn(C3OC(CO[Si](C)(C)C(C)(C)C)[C@@H](O[Si](C)(C)C(C)(C)C)[C@H]3O[Si](C)(C)C(C)(C)C)c2n1. The van der Waals surface area contributed by atoms with Crippen LogP contribution in [0.2, 0.25) is 72.9 Å². The van der Waals surface area contributed by atoms with Crippen LogP contribution in [0.15, 0.2) is 6.33 Å². The standard InChI is InChI=1S/C28H52ClN4O4Si3.3C4H9.Sn/c1-26(2,3)38(10,11)34-16-19-21(36-39(12,13)27(4,5)6)22(37-40(14,15)28(7,8)9)25(35-19)33-18-32-20-23(29)30-17-31-24(20)33;3*1-3-4-2;/h18-19,21-22,25H,16H2,1-15H3;3*1,3-4H2,2H3;/t19?,21-,22-,25?;;;;/m1..../s1. The van der Waals surface area contributed by atoms with Crippen molar-refractivity contribution in [2.75, 3.05) is 6.61 Å². The van der Waals surface area contributed by atoms with Crippen LogP contribution < -0.4 is 3.84 Å².